The summed E-state index contributed by atoms with van der Waals surface area (Å²) in [7, 11) is 0. The van der Waals surface area contributed by atoms with Gasteiger partial charge in [-0.25, -0.2) is 0 Å². The Hall–Kier alpha value is -0.820. The van der Waals surface area contributed by atoms with Gasteiger partial charge in [0.1, 0.15) is 0 Å². The average molecular weight is 190 g/mol. The first-order valence-corrected chi connectivity index (χ1v) is 5.28. The molecule has 0 aromatic carbocycles. The lowest BCUT2D eigenvalue weighted by Crippen LogP contribution is -2.31. The van der Waals surface area contributed by atoms with Crippen LogP contribution in [0.2, 0.25) is 0 Å². The molecule has 0 aromatic rings. The van der Waals surface area contributed by atoms with E-state index in [4.69, 9.17) is 0 Å². The Labute approximate surface area is 85.8 Å². The highest BCUT2D eigenvalue weighted by Gasteiger charge is 2.40. The van der Waals surface area contributed by atoms with Crippen molar-refractivity contribution in [2.24, 2.45) is 17.8 Å². The van der Waals surface area contributed by atoms with Gasteiger partial charge in [-0.1, -0.05) is 36.5 Å². The van der Waals surface area contributed by atoms with Crippen molar-refractivity contribution in [3.05, 3.63) is 36.5 Å². The van der Waals surface area contributed by atoms with Crippen LogP contribution >= 0.6 is 0 Å². The monoisotopic (exact) mass is 190 g/mol. The smallest absolute Gasteiger partial charge is 0.0755 e. The molecule has 2 aliphatic carbocycles. The first kappa shape index (κ1) is 9.72. The number of allylic oxidation sites excluding steroid dienone is 3. The van der Waals surface area contributed by atoms with E-state index in [1.807, 2.05) is 6.08 Å². The van der Waals surface area contributed by atoms with E-state index in [1.165, 1.54) is 11.1 Å². The van der Waals surface area contributed by atoms with Gasteiger partial charge in [-0.2, -0.15) is 0 Å². The van der Waals surface area contributed by atoms with Crippen molar-refractivity contribution in [1.29, 1.82) is 0 Å². The summed E-state index contributed by atoms with van der Waals surface area (Å²) in [6.45, 7) is 10.1. The molecule has 0 spiro atoms. The van der Waals surface area contributed by atoms with Crippen LogP contribution in [0.5, 0.6) is 0 Å². The van der Waals surface area contributed by atoms with Crippen LogP contribution < -0.4 is 0 Å². The molecule has 1 N–H and O–H groups in total. The van der Waals surface area contributed by atoms with Crippen molar-refractivity contribution in [3.63, 3.8) is 0 Å². The van der Waals surface area contributed by atoms with Crippen LogP contribution in [0.3, 0.4) is 0 Å². The highest BCUT2D eigenvalue weighted by molar-refractivity contribution is 5.22. The lowest BCUT2D eigenvalue weighted by molar-refractivity contribution is 0.106. The van der Waals surface area contributed by atoms with E-state index in [-0.39, 0.29) is 6.10 Å². The van der Waals surface area contributed by atoms with Crippen LogP contribution in [0.4, 0.5) is 0 Å². The molecule has 0 unspecified atom stereocenters. The summed E-state index contributed by atoms with van der Waals surface area (Å²) in [6.07, 6.45) is 5.82. The van der Waals surface area contributed by atoms with E-state index in [2.05, 4.69) is 26.2 Å². The average Bonchev–Trinajstić information content (AvgIpc) is 2.47. The molecule has 1 saturated carbocycles. The summed E-state index contributed by atoms with van der Waals surface area (Å²) in [5.41, 5.74) is 2.49. The van der Waals surface area contributed by atoms with E-state index in [0.717, 1.165) is 12.8 Å². The Balaban J connectivity index is 2.27. The summed E-state index contributed by atoms with van der Waals surface area (Å²) in [5.74, 6) is 1.37. The number of aliphatic hydroxyl groups is 1. The second kappa shape index (κ2) is 3.39. The molecule has 2 aliphatic rings. The Kier molecular flexibility index (Phi) is 2.36. The fourth-order valence-corrected chi connectivity index (χ4v) is 2.87. The van der Waals surface area contributed by atoms with Crippen LogP contribution in [0.15, 0.2) is 36.5 Å². The van der Waals surface area contributed by atoms with Gasteiger partial charge in [0.15, 0.2) is 0 Å². The molecular weight excluding hydrogens is 172 g/mol. The number of aliphatic hydroxyl groups excluding tert-OH is 1. The minimum absolute atomic E-state index is 0.269. The normalized spacial score (nSPS) is 41.1. The molecule has 1 heteroatoms. The molecule has 0 saturated heterocycles. The molecule has 2 rings (SSSR count). The quantitative estimate of drug-likeness (QED) is 0.630. The van der Waals surface area contributed by atoms with Gasteiger partial charge in [0.2, 0.25) is 0 Å². The maximum absolute atomic E-state index is 9.84. The zero-order chi connectivity index (χ0) is 10.3. The van der Waals surface area contributed by atoms with Crippen LogP contribution in [0, 0.1) is 17.8 Å². The molecule has 0 amide bonds. The lowest BCUT2D eigenvalue weighted by atomic mass is 9.74. The molecule has 0 aromatic heterocycles. The Morgan fingerprint density at radius 1 is 1.36 bits per heavy atom. The second-order valence-electron chi connectivity index (χ2n) is 4.73. The molecule has 4 atom stereocenters. The standard InChI is InChI=1S/C13H18O/c1-8(2)10-4-5-13(14)12-7-9(3)6-11(10)12/h4-5,10-14H,1,3,6-7H2,2H3/t10-,11-,12-,13+/m0/s1. The Bertz CT molecular complexity index is 300. The summed E-state index contributed by atoms with van der Waals surface area (Å²) < 4.78 is 0. The van der Waals surface area contributed by atoms with Crippen LogP contribution in [0.1, 0.15) is 19.8 Å². The molecular formula is C13H18O. The van der Waals surface area contributed by atoms with E-state index in [9.17, 15) is 5.11 Å². The van der Waals surface area contributed by atoms with Gasteiger partial charge in [-0.3, -0.25) is 0 Å². The summed E-state index contributed by atoms with van der Waals surface area (Å²) in [4.78, 5) is 0. The first-order valence-electron chi connectivity index (χ1n) is 5.28. The maximum atomic E-state index is 9.84. The first-order chi connectivity index (χ1) is 6.59. The van der Waals surface area contributed by atoms with E-state index in [0.29, 0.717) is 17.8 Å². The van der Waals surface area contributed by atoms with Crippen molar-refractivity contribution in [1.82, 2.24) is 0 Å². The molecule has 0 radical (unpaired) electrons. The zero-order valence-corrected chi connectivity index (χ0v) is 8.74. The molecule has 0 aliphatic heterocycles. The molecule has 0 bridgehead atoms. The van der Waals surface area contributed by atoms with Gasteiger partial charge in [0.25, 0.3) is 0 Å². The van der Waals surface area contributed by atoms with E-state index >= 15 is 0 Å². The van der Waals surface area contributed by atoms with E-state index in [1.54, 1.807) is 0 Å². The number of hydrogen-bond donors (Lipinski definition) is 1. The summed E-state index contributed by atoms with van der Waals surface area (Å²) in [5, 5.41) is 9.84. The van der Waals surface area contributed by atoms with Crippen LogP contribution in [-0.2, 0) is 0 Å². The largest absolute Gasteiger partial charge is 0.389 e. The summed E-state index contributed by atoms with van der Waals surface area (Å²) in [6, 6.07) is 0. The number of fused-ring (bicyclic) bond motifs is 1. The van der Waals surface area contributed by atoms with E-state index < -0.39 is 0 Å². The Morgan fingerprint density at radius 2 is 2.00 bits per heavy atom. The van der Waals surface area contributed by atoms with Crippen molar-refractivity contribution >= 4 is 0 Å². The third-order valence-electron chi connectivity index (χ3n) is 3.58. The molecule has 1 fully saturated rings. The van der Waals surface area contributed by atoms with Gasteiger partial charge in [0.05, 0.1) is 6.10 Å². The van der Waals surface area contributed by atoms with Crippen molar-refractivity contribution in [3.8, 4) is 0 Å². The SMILES string of the molecule is C=C1C[C@@H]2[C@H](C1)[C@H](O)C=C[C@H]2C(=C)C. The Morgan fingerprint density at radius 3 is 2.64 bits per heavy atom. The maximum Gasteiger partial charge on any atom is 0.0755 e. The van der Waals surface area contributed by atoms with Crippen molar-refractivity contribution < 1.29 is 5.11 Å². The molecule has 1 nitrogen and oxygen atoms in total. The van der Waals surface area contributed by atoms with Gasteiger partial charge in [-0.15, -0.1) is 0 Å². The minimum Gasteiger partial charge on any atom is -0.389 e. The third-order valence-corrected chi connectivity index (χ3v) is 3.58. The third kappa shape index (κ3) is 1.46. The fraction of sp³-hybridized carbons (Fsp3) is 0.538. The van der Waals surface area contributed by atoms with Gasteiger partial charge < -0.3 is 5.11 Å². The minimum atomic E-state index is -0.269. The van der Waals surface area contributed by atoms with Crippen molar-refractivity contribution in [2.75, 3.05) is 0 Å². The topological polar surface area (TPSA) is 20.2 Å². The number of rotatable bonds is 1. The molecule has 14 heavy (non-hydrogen) atoms. The lowest BCUT2D eigenvalue weighted by Gasteiger charge is -2.33. The molecule has 76 valence electrons. The fourth-order valence-electron chi connectivity index (χ4n) is 2.87. The highest BCUT2D eigenvalue weighted by atomic mass is 16.3. The zero-order valence-electron chi connectivity index (χ0n) is 8.74. The summed E-state index contributed by atoms with van der Waals surface area (Å²) >= 11 is 0. The van der Waals surface area contributed by atoms with Gasteiger partial charge in [0, 0.05) is 5.92 Å². The molecule has 0 heterocycles. The number of hydrogen-bond acceptors (Lipinski definition) is 1. The second-order valence-corrected chi connectivity index (χ2v) is 4.73. The van der Waals surface area contributed by atoms with Crippen LogP contribution in [-0.4, -0.2) is 11.2 Å². The van der Waals surface area contributed by atoms with Gasteiger partial charge >= 0.3 is 0 Å². The highest BCUT2D eigenvalue weighted by Crippen LogP contribution is 2.46. The van der Waals surface area contributed by atoms with Crippen molar-refractivity contribution in [2.45, 2.75) is 25.9 Å². The predicted molar refractivity (Wildman–Crippen MR) is 58.8 cm³/mol. The van der Waals surface area contributed by atoms with Gasteiger partial charge in [-0.05, 0) is 31.6 Å². The van der Waals surface area contributed by atoms with Crippen LogP contribution in [0.25, 0.3) is 0 Å². The predicted octanol–water partition coefficient (Wildman–Crippen LogP) is 2.69.